The van der Waals surface area contributed by atoms with Crippen molar-refractivity contribution in [2.24, 2.45) is 0 Å². The molecule has 3 nitrogen and oxygen atoms in total. The zero-order chi connectivity index (χ0) is 17.1. The summed E-state index contributed by atoms with van der Waals surface area (Å²) in [6.07, 6.45) is 0.943. The molecule has 0 bridgehead atoms. The summed E-state index contributed by atoms with van der Waals surface area (Å²) in [5, 5.41) is 13.3. The number of aromatic hydroxyl groups is 1. The molecule has 0 aromatic heterocycles. The summed E-state index contributed by atoms with van der Waals surface area (Å²) in [5.41, 5.74) is 4.82. The van der Waals surface area contributed by atoms with Crippen molar-refractivity contribution in [3.8, 4) is 11.5 Å². The highest BCUT2D eigenvalue weighted by molar-refractivity contribution is 5.44. The van der Waals surface area contributed by atoms with Crippen LogP contribution in [0.25, 0.3) is 0 Å². The van der Waals surface area contributed by atoms with E-state index >= 15 is 0 Å². The van der Waals surface area contributed by atoms with Crippen LogP contribution < -0.4 is 10.1 Å². The van der Waals surface area contributed by atoms with Crippen LogP contribution in [0.4, 0.5) is 0 Å². The molecule has 0 spiro atoms. The van der Waals surface area contributed by atoms with Gasteiger partial charge in [0.25, 0.3) is 0 Å². The van der Waals surface area contributed by atoms with E-state index in [1.54, 1.807) is 6.07 Å². The minimum Gasteiger partial charge on any atom is -0.508 e. The van der Waals surface area contributed by atoms with Crippen molar-refractivity contribution in [2.45, 2.75) is 19.1 Å². The molecule has 3 aromatic carbocycles. The minimum absolute atomic E-state index is 0.160. The Balaban J connectivity index is 1.49. The lowest BCUT2D eigenvalue weighted by Crippen LogP contribution is -2.30. The molecule has 1 heterocycles. The third-order valence-corrected chi connectivity index (χ3v) is 4.64. The van der Waals surface area contributed by atoms with Crippen molar-refractivity contribution in [3.05, 3.63) is 95.1 Å². The van der Waals surface area contributed by atoms with Crippen LogP contribution in [-0.4, -0.2) is 11.7 Å². The van der Waals surface area contributed by atoms with Gasteiger partial charge in [0.15, 0.2) is 0 Å². The van der Waals surface area contributed by atoms with Crippen LogP contribution in [-0.2, 0) is 13.0 Å². The molecule has 126 valence electrons. The van der Waals surface area contributed by atoms with E-state index in [0.29, 0.717) is 12.4 Å². The molecule has 1 aliphatic heterocycles. The number of benzene rings is 3. The maximum Gasteiger partial charge on any atom is 0.119 e. The number of phenols is 1. The smallest absolute Gasteiger partial charge is 0.119 e. The molecule has 1 aliphatic rings. The SMILES string of the molecule is Oc1ccc2c(c1)CCNC2c1ccc(OCc2ccccc2)cc1. The van der Waals surface area contributed by atoms with Crippen LogP contribution in [0.5, 0.6) is 11.5 Å². The molecule has 0 radical (unpaired) electrons. The molecular weight excluding hydrogens is 310 g/mol. The van der Waals surface area contributed by atoms with Crippen molar-refractivity contribution in [1.82, 2.24) is 5.32 Å². The van der Waals surface area contributed by atoms with Gasteiger partial charge in [0.05, 0.1) is 6.04 Å². The highest BCUT2D eigenvalue weighted by Crippen LogP contribution is 2.31. The second kappa shape index (κ2) is 6.99. The first-order valence-corrected chi connectivity index (χ1v) is 8.61. The summed E-state index contributed by atoms with van der Waals surface area (Å²) in [7, 11) is 0. The predicted molar refractivity (Wildman–Crippen MR) is 98.9 cm³/mol. The summed E-state index contributed by atoms with van der Waals surface area (Å²) < 4.78 is 5.87. The van der Waals surface area contributed by atoms with Crippen molar-refractivity contribution < 1.29 is 9.84 Å². The number of rotatable bonds is 4. The van der Waals surface area contributed by atoms with E-state index in [0.717, 1.165) is 24.3 Å². The first-order valence-electron chi connectivity index (χ1n) is 8.61. The fourth-order valence-electron chi connectivity index (χ4n) is 3.35. The van der Waals surface area contributed by atoms with Crippen LogP contribution in [0.3, 0.4) is 0 Å². The van der Waals surface area contributed by atoms with E-state index in [2.05, 4.69) is 29.6 Å². The molecule has 25 heavy (non-hydrogen) atoms. The van der Waals surface area contributed by atoms with Gasteiger partial charge in [0.1, 0.15) is 18.1 Å². The Kier molecular flexibility index (Phi) is 4.40. The van der Waals surface area contributed by atoms with Crippen LogP contribution in [0.2, 0.25) is 0 Å². The van der Waals surface area contributed by atoms with Gasteiger partial charge in [0.2, 0.25) is 0 Å². The van der Waals surface area contributed by atoms with E-state index in [1.807, 2.05) is 42.5 Å². The van der Waals surface area contributed by atoms with Crippen molar-refractivity contribution >= 4 is 0 Å². The molecule has 0 saturated heterocycles. The number of hydrogen-bond donors (Lipinski definition) is 2. The molecular formula is C22H21NO2. The van der Waals surface area contributed by atoms with Gasteiger partial charge in [0, 0.05) is 6.54 Å². The Morgan fingerprint density at radius 3 is 2.56 bits per heavy atom. The second-order valence-electron chi connectivity index (χ2n) is 6.36. The van der Waals surface area contributed by atoms with Gasteiger partial charge in [-0.3, -0.25) is 0 Å². The molecule has 1 atom stereocenters. The number of nitrogens with one attached hydrogen (secondary N) is 1. The molecule has 0 aliphatic carbocycles. The summed E-state index contributed by atoms with van der Waals surface area (Å²) >= 11 is 0. The zero-order valence-corrected chi connectivity index (χ0v) is 14.0. The zero-order valence-electron chi connectivity index (χ0n) is 14.0. The molecule has 4 rings (SSSR count). The standard InChI is InChI=1S/C22H21NO2/c24-19-8-11-21-18(14-19)12-13-23-22(21)17-6-9-20(10-7-17)25-15-16-4-2-1-3-5-16/h1-11,14,22-24H,12-13,15H2. The van der Waals surface area contributed by atoms with E-state index in [9.17, 15) is 5.11 Å². The fourth-order valence-corrected chi connectivity index (χ4v) is 3.35. The largest absolute Gasteiger partial charge is 0.508 e. The predicted octanol–water partition coefficient (Wildman–Crippen LogP) is 4.21. The van der Waals surface area contributed by atoms with Crippen molar-refractivity contribution in [1.29, 1.82) is 0 Å². The first-order chi connectivity index (χ1) is 12.3. The average molecular weight is 331 g/mol. The van der Waals surface area contributed by atoms with E-state index in [1.165, 1.54) is 16.7 Å². The van der Waals surface area contributed by atoms with Crippen LogP contribution in [0.1, 0.15) is 28.3 Å². The van der Waals surface area contributed by atoms with E-state index in [-0.39, 0.29) is 6.04 Å². The second-order valence-corrected chi connectivity index (χ2v) is 6.36. The van der Waals surface area contributed by atoms with Crippen LogP contribution >= 0.6 is 0 Å². The van der Waals surface area contributed by atoms with Gasteiger partial charge in [-0.25, -0.2) is 0 Å². The topological polar surface area (TPSA) is 41.5 Å². The monoisotopic (exact) mass is 331 g/mol. The Labute approximate surface area is 147 Å². The molecule has 3 heteroatoms. The minimum atomic E-state index is 0.160. The quantitative estimate of drug-likeness (QED) is 0.752. The molecule has 0 amide bonds. The van der Waals surface area contributed by atoms with Crippen LogP contribution in [0.15, 0.2) is 72.8 Å². The molecule has 0 fully saturated rings. The van der Waals surface area contributed by atoms with Gasteiger partial charge in [-0.1, -0.05) is 48.5 Å². The van der Waals surface area contributed by atoms with Gasteiger partial charge >= 0.3 is 0 Å². The third-order valence-electron chi connectivity index (χ3n) is 4.64. The summed E-state index contributed by atoms with van der Waals surface area (Å²) in [5.74, 6) is 1.21. The molecule has 2 N–H and O–H groups in total. The van der Waals surface area contributed by atoms with E-state index in [4.69, 9.17) is 4.74 Å². The first kappa shape index (κ1) is 15.7. The Hall–Kier alpha value is -2.78. The maximum absolute atomic E-state index is 9.70. The van der Waals surface area contributed by atoms with Crippen molar-refractivity contribution in [3.63, 3.8) is 0 Å². The van der Waals surface area contributed by atoms with Gasteiger partial charge < -0.3 is 15.2 Å². The summed E-state index contributed by atoms with van der Waals surface area (Å²) in [4.78, 5) is 0. The van der Waals surface area contributed by atoms with Gasteiger partial charge in [-0.2, -0.15) is 0 Å². The number of fused-ring (bicyclic) bond motifs is 1. The van der Waals surface area contributed by atoms with E-state index < -0.39 is 0 Å². The number of ether oxygens (including phenoxy) is 1. The molecule has 1 unspecified atom stereocenters. The highest BCUT2D eigenvalue weighted by atomic mass is 16.5. The Bertz CT molecular complexity index is 844. The summed E-state index contributed by atoms with van der Waals surface area (Å²) in [6, 6.07) is 24.2. The van der Waals surface area contributed by atoms with Crippen LogP contribution in [0, 0.1) is 0 Å². The Morgan fingerprint density at radius 2 is 1.76 bits per heavy atom. The average Bonchev–Trinajstić information content (AvgIpc) is 2.67. The maximum atomic E-state index is 9.70. The molecule has 3 aromatic rings. The van der Waals surface area contributed by atoms with Gasteiger partial charge in [-0.05, 0) is 52.9 Å². The third kappa shape index (κ3) is 3.52. The highest BCUT2D eigenvalue weighted by Gasteiger charge is 2.21. The lowest BCUT2D eigenvalue weighted by Gasteiger charge is -2.27. The molecule has 0 saturated carbocycles. The lowest BCUT2D eigenvalue weighted by molar-refractivity contribution is 0.306. The number of phenolic OH excluding ortho intramolecular Hbond substituents is 1. The number of hydrogen-bond acceptors (Lipinski definition) is 3. The Morgan fingerprint density at radius 1 is 0.960 bits per heavy atom. The van der Waals surface area contributed by atoms with Gasteiger partial charge in [-0.15, -0.1) is 0 Å². The summed E-state index contributed by atoms with van der Waals surface area (Å²) in [6.45, 7) is 1.48. The fraction of sp³-hybridized carbons (Fsp3) is 0.182. The van der Waals surface area contributed by atoms with Crippen molar-refractivity contribution in [2.75, 3.05) is 6.54 Å². The normalized spacial score (nSPS) is 16.2. The lowest BCUT2D eigenvalue weighted by atomic mass is 9.90.